The highest BCUT2D eigenvalue weighted by Gasteiger charge is 2.49. The molecule has 1 heterocycles. The normalized spacial score (nSPS) is 17.5. The Balaban J connectivity index is 0.00000213. The Labute approximate surface area is 283 Å². The molecule has 2 aliphatic rings. The molecular weight excluding hydrogens is 574 g/mol. The van der Waals surface area contributed by atoms with Crippen LogP contribution in [0.15, 0.2) is 78.9 Å². The molecule has 0 saturated carbocycles. The molecule has 0 N–H and O–H groups in total. The van der Waals surface area contributed by atoms with Gasteiger partial charge in [-0.3, -0.25) is 9.59 Å². The molecule has 2 aliphatic carbocycles. The van der Waals surface area contributed by atoms with E-state index in [1.807, 2.05) is 32.0 Å². The first-order valence-electron chi connectivity index (χ1n) is 18.5. The average molecular weight is 630 g/mol. The summed E-state index contributed by atoms with van der Waals surface area (Å²) in [4.78, 5) is 27.2. The molecule has 1 aromatic heterocycles. The van der Waals surface area contributed by atoms with Gasteiger partial charge in [0.2, 0.25) is 0 Å². The summed E-state index contributed by atoms with van der Waals surface area (Å²) >= 11 is 0. The largest absolute Gasteiger partial charge is 0.341 e. The number of nitrogens with zero attached hydrogens (tertiary/aromatic N) is 1. The quantitative estimate of drug-likeness (QED) is 0.138. The average Bonchev–Trinajstić information content (AvgIpc) is 3.57. The van der Waals surface area contributed by atoms with Crippen molar-refractivity contribution in [1.82, 2.24) is 4.57 Å². The van der Waals surface area contributed by atoms with Crippen molar-refractivity contribution in [3.8, 4) is 0 Å². The lowest BCUT2D eigenvalue weighted by Crippen LogP contribution is -2.32. The monoisotopic (exact) mass is 629 g/mol. The molecule has 0 radical (unpaired) electrons. The Kier molecular flexibility index (Phi) is 11.1. The van der Waals surface area contributed by atoms with Crippen molar-refractivity contribution in [1.29, 1.82) is 0 Å². The van der Waals surface area contributed by atoms with Gasteiger partial charge in [-0.05, 0) is 91.6 Å². The van der Waals surface area contributed by atoms with Crippen LogP contribution in [-0.2, 0) is 12.0 Å². The number of carbonyl (C=O) groups is 2. The van der Waals surface area contributed by atoms with E-state index in [2.05, 4.69) is 99.9 Å². The molecule has 4 aromatic rings. The van der Waals surface area contributed by atoms with Gasteiger partial charge in [-0.25, -0.2) is 0 Å². The van der Waals surface area contributed by atoms with Crippen LogP contribution in [0.5, 0.6) is 0 Å². The number of allylic oxidation sites excluding steroid dienone is 4. The molecule has 3 nitrogen and oxygen atoms in total. The summed E-state index contributed by atoms with van der Waals surface area (Å²) in [6.07, 6.45) is 17.9. The first-order valence-corrected chi connectivity index (χ1v) is 18.5. The van der Waals surface area contributed by atoms with E-state index in [-0.39, 0.29) is 17.0 Å². The lowest BCUT2D eigenvalue weighted by atomic mass is 9.66. The number of carbonyl (C=O) groups excluding carboxylic acids is 2. The second-order valence-corrected chi connectivity index (χ2v) is 13.9. The maximum atomic E-state index is 14.2. The van der Waals surface area contributed by atoms with Crippen molar-refractivity contribution in [3.05, 3.63) is 107 Å². The second kappa shape index (κ2) is 15.0. The minimum Gasteiger partial charge on any atom is -0.341 e. The molecule has 2 unspecified atom stereocenters. The summed E-state index contributed by atoms with van der Waals surface area (Å²) in [6.45, 7) is 15.9. The van der Waals surface area contributed by atoms with Gasteiger partial charge in [0.1, 0.15) is 0 Å². The van der Waals surface area contributed by atoms with Crippen molar-refractivity contribution < 1.29 is 9.59 Å². The van der Waals surface area contributed by atoms with Crippen molar-refractivity contribution in [3.63, 3.8) is 0 Å². The van der Waals surface area contributed by atoms with Gasteiger partial charge in [0.05, 0.1) is 0 Å². The fraction of sp³-hybridized carbons (Fsp3) is 0.455. The van der Waals surface area contributed by atoms with E-state index in [9.17, 15) is 9.59 Å². The summed E-state index contributed by atoms with van der Waals surface area (Å²) in [5.41, 5.74) is 7.37. The topological polar surface area (TPSA) is 39.1 Å². The zero-order valence-electron chi connectivity index (χ0n) is 29.9. The van der Waals surface area contributed by atoms with Crippen LogP contribution >= 0.6 is 0 Å². The van der Waals surface area contributed by atoms with Crippen LogP contribution in [0.25, 0.3) is 21.8 Å². The SMILES string of the molecule is CC.CCCCC1(CCCC)c2ccc(C(=O)c3ccc4c(c3)c3cc(C(=O)CCC(C)C)ccc3n4CC)cc2C2C=CC=CC21. The first-order chi connectivity index (χ1) is 22.8. The third-order valence-corrected chi connectivity index (χ3v) is 10.6. The number of rotatable bonds is 13. The molecule has 0 fully saturated rings. The van der Waals surface area contributed by atoms with Gasteiger partial charge in [-0.15, -0.1) is 0 Å². The molecule has 3 heteroatoms. The van der Waals surface area contributed by atoms with Crippen LogP contribution in [0.3, 0.4) is 0 Å². The van der Waals surface area contributed by atoms with E-state index >= 15 is 0 Å². The number of Topliss-reactive ketones (excluding diaryl/α,β-unsaturated/α-hetero) is 1. The van der Waals surface area contributed by atoms with Gasteiger partial charge in [0, 0.05) is 62.8 Å². The Morgan fingerprint density at radius 3 is 1.96 bits per heavy atom. The van der Waals surface area contributed by atoms with Gasteiger partial charge in [0.15, 0.2) is 11.6 Å². The van der Waals surface area contributed by atoms with Crippen molar-refractivity contribution in [2.45, 2.75) is 118 Å². The van der Waals surface area contributed by atoms with Gasteiger partial charge in [0.25, 0.3) is 0 Å². The molecule has 0 spiro atoms. The van der Waals surface area contributed by atoms with Gasteiger partial charge >= 0.3 is 0 Å². The van der Waals surface area contributed by atoms with Crippen molar-refractivity contribution in [2.75, 3.05) is 0 Å². The minimum absolute atomic E-state index is 0.0627. The maximum absolute atomic E-state index is 14.2. The second-order valence-electron chi connectivity index (χ2n) is 13.9. The van der Waals surface area contributed by atoms with E-state index in [0.717, 1.165) is 45.9 Å². The van der Waals surface area contributed by atoms with Gasteiger partial charge in [-0.1, -0.05) is 104 Å². The molecule has 3 aromatic carbocycles. The predicted octanol–water partition coefficient (Wildman–Crippen LogP) is 12.1. The fourth-order valence-corrected chi connectivity index (χ4v) is 8.25. The number of hydrogen-bond acceptors (Lipinski definition) is 2. The van der Waals surface area contributed by atoms with Gasteiger partial charge in [-0.2, -0.15) is 0 Å². The number of unbranched alkanes of at least 4 members (excludes halogenated alkanes) is 2. The molecule has 0 saturated heterocycles. The van der Waals surface area contributed by atoms with Crippen LogP contribution in [-0.4, -0.2) is 16.1 Å². The summed E-state index contributed by atoms with van der Waals surface area (Å²) in [6, 6.07) is 18.8. The number of hydrogen-bond donors (Lipinski definition) is 0. The maximum Gasteiger partial charge on any atom is 0.193 e. The molecule has 2 atom stereocenters. The molecule has 248 valence electrons. The van der Waals surface area contributed by atoms with Crippen LogP contribution in [0, 0.1) is 11.8 Å². The molecule has 0 aliphatic heterocycles. The van der Waals surface area contributed by atoms with E-state index in [1.54, 1.807) is 0 Å². The Morgan fingerprint density at radius 1 is 0.766 bits per heavy atom. The standard InChI is InChI=1S/C42H49NO2.C2H6/c1-6-9-23-42(24-10-7-2)36-14-12-11-13-32(36)33-26-30(16-19-37(33)42)41(45)31-18-21-39-35(27-31)34-25-29(40(44)22-15-28(4)5)17-20-38(34)43(39)8-3;1-2/h11-14,16-21,25-28,32,36H,6-10,15,22-24H2,1-5H3;1-2H3. The number of aromatic nitrogens is 1. The highest BCUT2D eigenvalue weighted by atomic mass is 16.1. The Bertz CT molecular complexity index is 1790. The molecule has 0 amide bonds. The van der Waals surface area contributed by atoms with Gasteiger partial charge < -0.3 is 4.57 Å². The third-order valence-electron chi connectivity index (χ3n) is 10.6. The number of aryl methyl sites for hydroxylation is 1. The zero-order valence-corrected chi connectivity index (χ0v) is 29.9. The zero-order chi connectivity index (χ0) is 33.7. The predicted molar refractivity (Wildman–Crippen MR) is 200 cm³/mol. The summed E-state index contributed by atoms with van der Waals surface area (Å²) in [5.74, 6) is 1.52. The number of fused-ring (bicyclic) bond motifs is 6. The lowest BCUT2D eigenvalue weighted by molar-refractivity contribution is 0.0974. The summed E-state index contributed by atoms with van der Waals surface area (Å²) in [7, 11) is 0. The van der Waals surface area contributed by atoms with E-state index < -0.39 is 0 Å². The van der Waals surface area contributed by atoms with Crippen molar-refractivity contribution in [2.24, 2.45) is 11.8 Å². The third kappa shape index (κ3) is 6.43. The highest BCUT2D eigenvalue weighted by molar-refractivity contribution is 6.15. The number of benzene rings is 3. The summed E-state index contributed by atoms with van der Waals surface area (Å²) < 4.78 is 2.28. The fourth-order valence-electron chi connectivity index (χ4n) is 8.25. The molecule has 0 bridgehead atoms. The summed E-state index contributed by atoms with van der Waals surface area (Å²) in [5, 5.41) is 2.08. The number of ketones is 2. The van der Waals surface area contributed by atoms with E-state index in [4.69, 9.17) is 0 Å². The van der Waals surface area contributed by atoms with Crippen LogP contribution in [0.2, 0.25) is 0 Å². The first kappa shape index (κ1) is 34.6. The lowest BCUT2D eigenvalue weighted by Gasteiger charge is -2.38. The smallest absolute Gasteiger partial charge is 0.193 e. The van der Waals surface area contributed by atoms with Crippen LogP contribution < -0.4 is 0 Å². The van der Waals surface area contributed by atoms with Crippen LogP contribution in [0.4, 0.5) is 0 Å². The Hall–Kier alpha value is -3.72. The minimum atomic E-state index is 0.0627. The van der Waals surface area contributed by atoms with E-state index in [0.29, 0.717) is 29.7 Å². The molecule has 6 rings (SSSR count). The van der Waals surface area contributed by atoms with Crippen molar-refractivity contribution >= 4 is 33.4 Å². The molecule has 47 heavy (non-hydrogen) atoms. The van der Waals surface area contributed by atoms with E-state index in [1.165, 1.54) is 49.7 Å². The molecular formula is C44H55NO2. The highest BCUT2D eigenvalue weighted by Crippen LogP contribution is 2.57. The van der Waals surface area contributed by atoms with Crippen LogP contribution in [0.1, 0.15) is 143 Å². The Morgan fingerprint density at radius 2 is 1.34 bits per heavy atom.